The number of halogens is 6. The van der Waals surface area contributed by atoms with Crippen LogP contribution in [0.5, 0.6) is 0 Å². The van der Waals surface area contributed by atoms with E-state index < -0.39 is 35.3 Å². The van der Waals surface area contributed by atoms with Gasteiger partial charge in [-0.25, -0.2) is 0 Å². The fourth-order valence-electron chi connectivity index (χ4n) is 1.81. The Labute approximate surface area is 92.4 Å². The molecule has 0 radical (unpaired) electrons. The van der Waals surface area contributed by atoms with Gasteiger partial charge in [-0.1, -0.05) is 0 Å². The topological polar surface area (TPSA) is 37.3 Å². The lowest BCUT2D eigenvalue weighted by Gasteiger charge is -2.37. The van der Waals surface area contributed by atoms with E-state index in [2.05, 4.69) is 11.6 Å². The third kappa shape index (κ3) is 1.90. The van der Waals surface area contributed by atoms with Gasteiger partial charge in [0.1, 0.15) is 5.78 Å². The highest BCUT2D eigenvalue weighted by atomic mass is 35.5. The third-order valence-corrected chi connectivity index (χ3v) is 2.96. The molecule has 0 bridgehead atoms. The molecule has 1 N–H and O–H groups in total. The number of hydrogen-bond donors (Lipinski definition) is 1. The van der Waals surface area contributed by atoms with Gasteiger partial charge in [0, 0.05) is 6.42 Å². The van der Waals surface area contributed by atoms with Crippen LogP contribution < -0.4 is 0 Å². The molecule has 2 nitrogen and oxygen atoms in total. The maximum atomic E-state index is 12.7. The van der Waals surface area contributed by atoms with Crippen molar-refractivity contribution in [1.29, 1.82) is 0 Å². The molecule has 0 spiro atoms. The molecule has 1 aliphatic carbocycles. The highest BCUT2D eigenvalue weighted by Crippen LogP contribution is 2.52. The lowest BCUT2D eigenvalue weighted by Crippen LogP contribution is -2.62. The largest absolute Gasteiger partial charge is 0.425 e. The summed E-state index contributed by atoms with van der Waals surface area (Å²) >= 11 is 4.31. The average molecular weight is 267 g/mol. The van der Waals surface area contributed by atoms with E-state index in [4.69, 9.17) is 5.11 Å². The molecule has 1 rings (SSSR count). The van der Waals surface area contributed by atoms with Gasteiger partial charge in [-0.05, 0) is 24.4 Å². The molecule has 16 heavy (non-hydrogen) atoms. The van der Waals surface area contributed by atoms with E-state index in [9.17, 15) is 26.7 Å². The summed E-state index contributed by atoms with van der Waals surface area (Å²) in [5.41, 5.74) is -4.49. The second-order valence-corrected chi connectivity index (χ2v) is 4.15. The van der Waals surface area contributed by atoms with Crippen molar-refractivity contribution in [2.75, 3.05) is 0 Å². The van der Waals surface area contributed by atoms with E-state index in [1.165, 1.54) is 0 Å². The third-order valence-electron chi connectivity index (χ3n) is 2.67. The van der Waals surface area contributed by atoms with Gasteiger partial charge in [-0.15, -0.1) is 0 Å². The summed E-state index contributed by atoms with van der Waals surface area (Å²) in [6.45, 7) is 0. The van der Waals surface area contributed by atoms with Crippen molar-refractivity contribution in [2.45, 2.75) is 36.4 Å². The van der Waals surface area contributed by atoms with Crippen LogP contribution in [-0.2, 0) is 4.79 Å². The Kier molecular flexibility index (Phi) is 3.24. The first kappa shape index (κ1) is 13.6. The van der Waals surface area contributed by atoms with Crippen LogP contribution in [0.2, 0.25) is 0 Å². The zero-order valence-electron chi connectivity index (χ0n) is 7.82. The Hall–Kier alpha value is -0.430. The molecular weight excluding hydrogens is 259 g/mol. The quantitative estimate of drug-likeness (QED) is 0.616. The van der Waals surface area contributed by atoms with Crippen LogP contribution >= 0.6 is 11.6 Å². The second-order valence-electron chi connectivity index (χ2n) is 3.67. The molecule has 94 valence electrons. The Morgan fingerprint density at radius 2 is 1.75 bits per heavy atom. The van der Waals surface area contributed by atoms with Gasteiger partial charge in [0.25, 0.3) is 0 Å². The van der Waals surface area contributed by atoms with Crippen LogP contribution in [0.15, 0.2) is 0 Å². The van der Waals surface area contributed by atoms with Crippen molar-refractivity contribution in [1.82, 2.24) is 0 Å². The molecule has 8 heteroatoms. The van der Waals surface area contributed by atoms with Gasteiger partial charge >= 0.3 is 11.6 Å². The van der Waals surface area contributed by atoms with E-state index in [0.29, 0.717) is 0 Å². The lowest BCUT2D eigenvalue weighted by atomic mass is 9.84. The molecule has 0 aromatic carbocycles. The van der Waals surface area contributed by atoms with Crippen LogP contribution in [0.1, 0.15) is 19.3 Å². The van der Waals surface area contributed by atoms with Crippen molar-refractivity contribution in [3.63, 3.8) is 0 Å². The molecule has 0 aliphatic heterocycles. The molecule has 0 amide bonds. The van der Waals surface area contributed by atoms with Crippen LogP contribution in [0, 0.1) is 5.92 Å². The van der Waals surface area contributed by atoms with Gasteiger partial charge in [0.2, 0.25) is 5.60 Å². The summed E-state index contributed by atoms with van der Waals surface area (Å²) < 4.78 is 62.8. The van der Waals surface area contributed by atoms with Crippen molar-refractivity contribution in [3.05, 3.63) is 0 Å². The smallest absolute Gasteiger partial charge is 0.374 e. The van der Waals surface area contributed by atoms with Crippen molar-refractivity contribution >= 4 is 17.4 Å². The number of ketones is 1. The number of Topliss-reactive ketones (excluding diaryl/α,β-unsaturated/α-hetero) is 1. The molecule has 1 fully saturated rings. The highest BCUT2D eigenvalue weighted by Gasteiger charge is 2.73. The molecule has 0 saturated heterocycles. The van der Waals surface area contributed by atoms with Crippen LogP contribution in [0.4, 0.5) is 22.0 Å². The molecule has 0 aromatic heterocycles. The molecular formula is C8H8ClF5O2. The van der Waals surface area contributed by atoms with Crippen LogP contribution in [0.25, 0.3) is 0 Å². The predicted molar refractivity (Wildman–Crippen MR) is 44.2 cm³/mol. The summed E-state index contributed by atoms with van der Waals surface area (Å²) in [5, 5.41) is 4.19. The van der Waals surface area contributed by atoms with Crippen molar-refractivity contribution in [2.24, 2.45) is 5.92 Å². The molecule has 1 aliphatic rings. The summed E-state index contributed by atoms with van der Waals surface area (Å²) in [7, 11) is 0. The standard InChI is InChI=1S/C8H8ClF5O2/c9-7(10,11)6(16,8(12,13)14)4-2-1-3-5(4)15/h4,16H,1-3H2. The predicted octanol–water partition coefficient (Wildman–Crippen LogP) is 2.48. The number of hydrogen-bond acceptors (Lipinski definition) is 2. The van der Waals surface area contributed by atoms with Crippen LogP contribution in [-0.4, -0.2) is 28.0 Å². The van der Waals surface area contributed by atoms with Crippen LogP contribution in [0.3, 0.4) is 0 Å². The second kappa shape index (κ2) is 3.80. The highest BCUT2D eigenvalue weighted by molar-refractivity contribution is 6.22. The lowest BCUT2D eigenvalue weighted by molar-refractivity contribution is -0.324. The number of carbonyl (C=O) groups excluding carboxylic acids is 1. The van der Waals surface area contributed by atoms with Crippen molar-refractivity contribution < 1.29 is 31.9 Å². The first-order valence-corrected chi connectivity index (χ1v) is 4.78. The van der Waals surface area contributed by atoms with E-state index in [0.717, 1.165) is 0 Å². The molecule has 2 unspecified atom stereocenters. The Balaban J connectivity index is 3.20. The first-order chi connectivity index (χ1) is 7.02. The number of carbonyl (C=O) groups is 1. The minimum Gasteiger partial charge on any atom is -0.374 e. The van der Waals surface area contributed by atoms with E-state index >= 15 is 0 Å². The maximum Gasteiger partial charge on any atom is 0.425 e. The fourth-order valence-corrected chi connectivity index (χ4v) is 2.05. The Bertz CT molecular complexity index is 282. The number of alkyl halides is 6. The van der Waals surface area contributed by atoms with E-state index in [1.54, 1.807) is 0 Å². The molecule has 0 heterocycles. The first-order valence-electron chi connectivity index (χ1n) is 4.40. The number of aliphatic hydroxyl groups is 1. The van der Waals surface area contributed by atoms with Gasteiger partial charge in [-0.2, -0.15) is 22.0 Å². The van der Waals surface area contributed by atoms with Gasteiger partial charge in [-0.3, -0.25) is 4.79 Å². The zero-order chi connectivity index (χ0) is 12.8. The van der Waals surface area contributed by atoms with Crippen molar-refractivity contribution in [3.8, 4) is 0 Å². The summed E-state index contributed by atoms with van der Waals surface area (Å²) in [4.78, 5) is 11.1. The Morgan fingerprint density at radius 3 is 2.00 bits per heavy atom. The average Bonchev–Trinajstić information content (AvgIpc) is 2.46. The molecule has 0 aromatic rings. The minimum atomic E-state index is -5.66. The van der Waals surface area contributed by atoms with E-state index in [-0.39, 0.29) is 12.8 Å². The molecule has 2 atom stereocenters. The monoisotopic (exact) mass is 266 g/mol. The molecule has 1 saturated carbocycles. The summed E-state index contributed by atoms with van der Waals surface area (Å²) in [6, 6.07) is 0. The summed E-state index contributed by atoms with van der Waals surface area (Å²) in [6.07, 6.45) is -6.33. The van der Waals surface area contributed by atoms with E-state index in [1.807, 2.05) is 0 Å². The van der Waals surface area contributed by atoms with Gasteiger partial charge in [0.15, 0.2) is 0 Å². The van der Waals surface area contributed by atoms with Gasteiger partial charge in [0.05, 0.1) is 5.92 Å². The maximum absolute atomic E-state index is 12.7. The normalized spacial score (nSPS) is 26.9. The zero-order valence-corrected chi connectivity index (χ0v) is 8.58. The minimum absolute atomic E-state index is 0.0366. The SMILES string of the molecule is O=C1CCCC1C(O)(C(F)(F)F)C(F)(F)Cl. The Morgan fingerprint density at radius 1 is 1.25 bits per heavy atom. The summed E-state index contributed by atoms with van der Waals surface area (Å²) in [5.74, 6) is -3.24. The van der Waals surface area contributed by atoms with Gasteiger partial charge < -0.3 is 5.11 Å². The fraction of sp³-hybridized carbons (Fsp3) is 0.875. The number of rotatable bonds is 2.